The lowest BCUT2D eigenvalue weighted by Gasteiger charge is -2.08. The van der Waals surface area contributed by atoms with Crippen LogP contribution in [0.2, 0.25) is 0 Å². The molecule has 5 heteroatoms. The van der Waals surface area contributed by atoms with Crippen molar-refractivity contribution in [3.8, 4) is 5.75 Å². The molecule has 3 rings (SSSR count). The standard InChI is InChI=1S/C12H11BrN2O2/c1-17-9-4-2-3-7-10(9)14-11-8(13)5-6-15(11)12(7)16/h2-4,8H,5-6H2,1H3. The molecule has 1 aliphatic rings. The van der Waals surface area contributed by atoms with Crippen LogP contribution in [0.3, 0.4) is 0 Å². The fraction of sp³-hybridized carbons (Fsp3) is 0.333. The molecule has 88 valence electrons. The Bertz CT molecular complexity index is 651. The SMILES string of the molecule is COc1cccc2c(=O)n3c(nc12)C(Br)CC3. The van der Waals surface area contributed by atoms with Crippen LogP contribution < -0.4 is 10.3 Å². The molecule has 2 heterocycles. The van der Waals surface area contributed by atoms with E-state index in [0.717, 1.165) is 18.8 Å². The first-order valence-electron chi connectivity index (χ1n) is 5.44. The normalized spacial score (nSPS) is 18.4. The van der Waals surface area contributed by atoms with Gasteiger partial charge in [-0.05, 0) is 18.6 Å². The summed E-state index contributed by atoms with van der Waals surface area (Å²) in [5, 5.41) is 0.620. The first-order chi connectivity index (χ1) is 8.22. The number of hydrogen-bond acceptors (Lipinski definition) is 3. The second-order valence-corrected chi connectivity index (χ2v) is 5.14. The lowest BCUT2D eigenvalue weighted by Crippen LogP contribution is -2.21. The summed E-state index contributed by atoms with van der Waals surface area (Å²) in [6, 6.07) is 5.43. The van der Waals surface area contributed by atoms with Crippen LogP contribution in [0.4, 0.5) is 0 Å². The Kier molecular flexibility index (Phi) is 2.43. The Morgan fingerprint density at radius 1 is 1.53 bits per heavy atom. The fourth-order valence-electron chi connectivity index (χ4n) is 2.23. The minimum Gasteiger partial charge on any atom is -0.494 e. The number of fused-ring (bicyclic) bond motifs is 2. The molecule has 4 nitrogen and oxygen atoms in total. The second kappa shape index (κ2) is 3.84. The zero-order chi connectivity index (χ0) is 12.0. The topological polar surface area (TPSA) is 44.1 Å². The average molecular weight is 295 g/mol. The van der Waals surface area contributed by atoms with Crippen molar-refractivity contribution in [2.75, 3.05) is 7.11 Å². The molecule has 1 aromatic heterocycles. The number of rotatable bonds is 1. The molecule has 0 saturated carbocycles. The smallest absolute Gasteiger partial charge is 0.261 e. The van der Waals surface area contributed by atoms with Crippen molar-refractivity contribution in [3.63, 3.8) is 0 Å². The summed E-state index contributed by atoms with van der Waals surface area (Å²) >= 11 is 3.54. The lowest BCUT2D eigenvalue weighted by atomic mass is 10.2. The molecule has 0 fully saturated rings. The van der Waals surface area contributed by atoms with Gasteiger partial charge in [-0.3, -0.25) is 9.36 Å². The van der Waals surface area contributed by atoms with E-state index in [1.54, 1.807) is 17.7 Å². The summed E-state index contributed by atoms with van der Waals surface area (Å²) < 4.78 is 6.99. The molecule has 17 heavy (non-hydrogen) atoms. The van der Waals surface area contributed by atoms with Crippen LogP contribution in [0.15, 0.2) is 23.0 Å². The zero-order valence-corrected chi connectivity index (χ0v) is 10.9. The van der Waals surface area contributed by atoms with Gasteiger partial charge in [-0.2, -0.15) is 0 Å². The van der Waals surface area contributed by atoms with Gasteiger partial charge in [0, 0.05) is 6.54 Å². The maximum Gasteiger partial charge on any atom is 0.261 e. The van der Waals surface area contributed by atoms with Crippen molar-refractivity contribution >= 4 is 26.8 Å². The van der Waals surface area contributed by atoms with E-state index < -0.39 is 0 Å². The molecule has 2 aromatic rings. The quantitative estimate of drug-likeness (QED) is 0.758. The highest BCUT2D eigenvalue weighted by Gasteiger charge is 2.24. The van der Waals surface area contributed by atoms with E-state index in [1.165, 1.54) is 0 Å². The van der Waals surface area contributed by atoms with Crippen LogP contribution in [0.5, 0.6) is 5.75 Å². The summed E-state index contributed by atoms with van der Waals surface area (Å²) in [6.45, 7) is 0.726. The van der Waals surface area contributed by atoms with Gasteiger partial charge in [0.05, 0.1) is 17.3 Å². The van der Waals surface area contributed by atoms with Gasteiger partial charge in [-0.15, -0.1) is 0 Å². The first kappa shape index (κ1) is 10.8. The minimum absolute atomic E-state index is 0.0193. The molecule has 0 N–H and O–H groups in total. The summed E-state index contributed by atoms with van der Waals surface area (Å²) in [6.07, 6.45) is 0.904. The van der Waals surface area contributed by atoms with E-state index in [1.807, 2.05) is 12.1 Å². The fourth-order valence-corrected chi connectivity index (χ4v) is 2.78. The maximum absolute atomic E-state index is 12.3. The highest BCUT2D eigenvalue weighted by atomic mass is 79.9. The van der Waals surface area contributed by atoms with Crippen LogP contribution in [-0.2, 0) is 6.54 Å². The lowest BCUT2D eigenvalue weighted by molar-refractivity contribution is 0.418. The van der Waals surface area contributed by atoms with E-state index in [9.17, 15) is 4.79 Å². The van der Waals surface area contributed by atoms with E-state index in [4.69, 9.17) is 4.74 Å². The van der Waals surface area contributed by atoms with Gasteiger partial charge in [0.25, 0.3) is 5.56 Å². The van der Waals surface area contributed by atoms with Crippen molar-refractivity contribution in [1.82, 2.24) is 9.55 Å². The molecule has 1 aromatic carbocycles. The molecule has 0 radical (unpaired) electrons. The maximum atomic E-state index is 12.3. The minimum atomic E-state index is 0.0193. The van der Waals surface area contributed by atoms with Crippen molar-refractivity contribution in [3.05, 3.63) is 34.4 Å². The number of nitrogens with zero attached hydrogens (tertiary/aromatic N) is 2. The third-order valence-corrected chi connectivity index (χ3v) is 3.95. The number of alkyl halides is 1. The van der Waals surface area contributed by atoms with Crippen LogP contribution in [0.25, 0.3) is 10.9 Å². The van der Waals surface area contributed by atoms with Crippen molar-refractivity contribution in [2.24, 2.45) is 0 Å². The van der Waals surface area contributed by atoms with Gasteiger partial charge >= 0.3 is 0 Å². The van der Waals surface area contributed by atoms with Gasteiger partial charge in [-0.25, -0.2) is 4.98 Å². The number of methoxy groups -OCH3 is 1. The third kappa shape index (κ3) is 1.49. The molecule has 0 saturated heterocycles. The Hall–Kier alpha value is -1.36. The van der Waals surface area contributed by atoms with Crippen LogP contribution in [-0.4, -0.2) is 16.7 Å². The predicted octanol–water partition coefficient (Wildman–Crippen LogP) is 2.24. The molecule has 0 spiro atoms. The molecule has 1 unspecified atom stereocenters. The Balaban J connectivity index is 2.44. The highest BCUT2D eigenvalue weighted by molar-refractivity contribution is 9.09. The van der Waals surface area contributed by atoms with Crippen LogP contribution in [0.1, 0.15) is 17.1 Å². The number of ether oxygens (including phenoxy) is 1. The summed E-state index contributed by atoms with van der Waals surface area (Å²) in [5.41, 5.74) is 0.670. The number of para-hydroxylation sites is 1. The van der Waals surface area contributed by atoms with Crippen LogP contribution >= 0.6 is 15.9 Å². The summed E-state index contributed by atoms with van der Waals surface area (Å²) in [4.78, 5) is 17.0. The van der Waals surface area contributed by atoms with Gasteiger partial charge in [0.2, 0.25) is 0 Å². The number of hydrogen-bond donors (Lipinski definition) is 0. The van der Waals surface area contributed by atoms with Gasteiger partial charge in [0.15, 0.2) is 0 Å². The van der Waals surface area contributed by atoms with Gasteiger partial charge in [-0.1, -0.05) is 22.0 Å². The van der Waals surface area contributed by atoms with E-state index in [-0.39, 0.29) is 10.4 Å². The van der Waals surface area contributed by atoms with E-state index in [0.29, 0.717) is 16.7 Å². The molecule has 0 amide bonds. The van der Waals surface area contributed by atoms with Crippen molar-refractivity contribution in [2.45, 2.75) is 17.8 Å². The zero-order valence-electron chi connectivity index (χ0n) is 9.31. The Morgan fingerprint density at radius 2 is 2.35 bits per heavy atom. The second-order valence-electron chi connectivity index (χ2n) is 4.04. The largest absolute Gasteiger partial charge is 0.494 e. The molecular formula is C12H11BrN2O2. The first-order valence-corrected chi connectivity index (χ1v) is 6.35. The summed E-state index contributed by atoms with van der Waals surface area (Å²) in [7, 11) is 1.59. The van der Waals surface area contributed by atoms with Crippen LogP contribution in [0, 0.1) is 0 Å². The van der Waals surface area contributed by atoms with E-state index in [2.05, 4.69) is 20.9 Å². The van der Waals surface area contributed by atoms with Gasteiger partial charge in [0.1, 0.15) is 17.1 Å². The molecule has 0 bridgehead atoms. The summed E-state index contributed by atoms with van der Waals surface area (Å²) in [5.74, 6) is 1.45. The van der Waals surface area contributed by atoms with E-state index >= 15 is 0 Å². The van der Waals surface area contributed by atoms with Gasteiger partial charge < -0.3 is 4.74 Å². The molecule has 1 atom stereocenters. The number of halogens is 1. The Labute approximate surface area is 106 Å². The number of aromatic nitrogens is 2. The monoisotopic (exact) mass is 294 g/mol. The third-order valence-electron chi connectivity index (χ3n) is 3.08. The highest BCUT2D eigenvalue weighted by Crippen LogP contribution is 2.32. The average Bonchev–Trinajstić information content (AvgIpc) is 2.71. The number of benzene rings is 1. The van der Waals surface area contributed by atoms with Crippen molar-refractivity contribution in [1.29, 1.82) is 0 Å². The molecule has 1 aliphatic heterocycles. The molecular weight excluding hydrogens is 284 g/mol. The Morgan fingerprint density at radius 3 is 3.12 bits per heavy atom. The molecule has 0 aliphatic carbocycles. The predicted molar refractivity (Wildman–Crippen MR) is 68.8 cm³/mol. The van der Waals surface area contributed by atoms with Crippen molar-refractivity contribution < 1.29 is 4.74 Å².